The zero-order chi connectivity index (χ0) is 20.8. The molecule has 0 spiro atoms. The van der Waals surface area contributed by atoms with E-state index in [0.29, 0.717) is 18.3 Å². The third kappa shape index (κ3) is 5.89. The van der Waals surface area contributed by atoms with Crippen LogP contribution in [0.4, 0.5) is 0 Å². The summed E-state index contributed by atoms with van der Waals surface area (Å²) < 4.78 is 5.41. The van der Waals surface area contributed by atoms with Gasteiger partial charge in [-0.2, -0.15) is 4.98 Å². The van der Waals surface area contributed by atoms with E-state index in [1.54, 1.807) is 11.3 Å². The number of thiophene rings is 1. The summed E-state index contributed by atoms with van der Waals surface area (Å²) >= 11 is 1.61. The Bertz CT molecular complexity index is 777. The zero-order valence-corrected chi connectivity index (χ0v) is 18.7. The molecule has 0 radical (unpaired) electrons. The molecule has 4 rings (SSSR count). The van der Waals surface area contributed by atoms with Crippen LogP contribution in [0.5, 0.6) is 0 Å². The van der Waals surface area contributed by atoms with E-state index in [9.17, 15) is 4.79 Å². The fourth-order valence-corrected chi connectivity index (χ4v) is 4.96. The molecule has 2 aromatic rings. The van der Waals surface area contributed by atoms with Crippen molar-refractivity contribution in [2.45, 2.75) is 45.6 Å². The minimum atomic E-state index is 0.126. The number of nitrogens with zero attached hydrogens (tertiary/aromatic N) is 4. The topological polar surface area (TPSA) is 74.5 Å². The predicted molar refractivity (Wildman–Crippen MR) is 118 cm³/mol. The van der Waals surface area contributed by atoms with Crippen LogP contribution in [0.1, 0.15) is 44.9 Å². The van der Waals surface area contributed by atoms with Gasteiger partial charge in [0, 0.05) is 12.5 Å². The minimum Gasteiger partial charge on any atom is -0.356 e. The molecule has 164 valence electrons. The van der Waals surface area contributed by atoms with Gasteiger partial charge in [0.15, 0.2) is 0 Å². The second kappa shape index (κ2) is 10.5. The minimum absolute atomic E-state index is 0.126. The van der Waals surface area contributed by atoms with Crippen LogP contribution in [0.25, 0.3) is 10.7 Å². The molecule has 1 N–H and O–H groups in total. The first-order valence-corrected chi connectivity index (χ1v) is 12.1. The van der Waals surface area contributed by atoms with Gasteiger partial charge in [-0.1, -0.05) is 18.1 Å². The second-order valence-electron chi connectivity index (χ2n) is 8.71. The van der Waals surface area contributed by atoms with Gasteiger partial charge < -0.3 is 14.7 Å². The van der Waals surface area contributed by atoms with E-state index in [1.807, 2.05) is 17.5 Å². The second-order valence-corrected chi connectivity index (χ2v) is 9.66. The van der Waals surface area contributed by atoms with Crippen molar-refractivity contribution in [2.75, 3.05) is 39.3 Å². The van der Waals surface area contributed by atoms with Crippen LogP contribution in [-0.4, -0.2) is 65.1 Å². The summed E-state index contributed by atoms with van der Waals surface area (Å²) in [5.41, 5.74) is 0. The van der Waals surface area contributed by atoms with Crippen LogP contribution in [0, 0.1) is 11.8 Å². The quantitative estimate of drug-likeness (QED) is 0.647. The smallest absolute Gasteiger partial charge is 0.241 e. The van der Waals surface area contributed by atoms with E-state index < -0.39 is 0 Å². The fraction of sp³-hybridized carbons (Fsp3) is 0.682. The molecule has 0 unspecified atom stereocenters. The lowest BCUT2D eigenvalue weighted by atomic mass is 9.96. The Balaban J connectivity index is 1.12. The first kappa shape index (κ1) is 21.5. The lowest BCUT2D eigenvalue weighted by Gasteiger charge is -2.31. The Hall–Kier alpha value is -1.77. The van der Waals surface area contributed by atoms with Crippen LogP contribution in [-0.2, 0) is 11.3 Å². The van der Waals surface area contributed by atoms with Gasteiger partial charge >= 0.3 is 0 Å². The van der Waals surface area contributed by atoms with Crippen molar-refractivity contribution in [1.82, 2.24) is 25.3 Å². The fourth-order valence-electron chi connectivity index (χ4n) is 4.31. The van der Waals surface area contributed by atoms with Crippen LogP contribution in [0.3, 0.4) is 0 Å². The molecule has 2 aliphatic rings. The molecule has 0 bridgehead atoms. The van der Waals surface area contributed by atoms with Crippen molar-refractivity contribution in [1.29, 1.82) is 0 Å². The number of hydrogen-bond donors (Lipinski definition) is 1. The molecule has 30 heavy (non-hydrogen) atoms. The van der Waals surface area contributed by atoms with E-state index in [2.05, 4.69) is 32.2 Å². The van der Waals surface area contributed by atoms with Crippen molar-refractivity contribution in [3.05, 3.63) is 23.4 Å². The maximum atomic E-state index is 12.5. The summed E-state index contributed by atoms with van der Waals surface area (Å²) in [6.07, 6.45) is 5.44. The monoisotopic (exact) mass is 431 g/mol. The molecule has 2 fully saturated rings. The van der Waals surface area contributed by atoms with Crippen LogP contribution >= 0.6 is 11.3 Å². The van der Waals surface area contributed by atoms with E-state index in [1.165, 1.54) is 25.9 Å². The predicted octanol–water partition coefficient (Wildman–Crippen LogP) is 3.25. The Morgan fingerprint density at radius 1 is 1.20 bits per heavy atom. The lowest BCUT2D eigenvalue weighted by Crippen LogP contribution is -2.41. The molecule has 0 aliphatic carbocycles. The number of rotatable bonds is 8. The van der Waals surface area contributed by atoms with Crippen LogP contribution < -0.4 is 5.32 Å². The average Bonchev–Trinajstić information content (AvgIpc) is 3.45. The Labute approximate surface area is 182 Å². The first-order valence-electron chi connectivity index (χ1n) is 11.3. The van der Waals surface area contributed by atoms with E-state index in [0.717, 1.165) is 56.2 Å². The number of likely N-dealkylation sites (tertiary alicyclic amines) is 2. The standard InChI is InChI=1S/C22H33N5O2S/c1-17-5-11-26(12-6-17)10-3-9-23-22(28)18-7-13-27(14-8-18)16-20-24-21(25-29-20)19-4-2-15-30-19/h2,4,15,17-18H,3,5-14,16H2,1H3,(H,23,28). The number of amides is 1. The van der Waals surface area contributed by atoms with Gasteiger partial charge in [0.2, 0.25) is 17.6 Å². The van der Waals surface area contributed by atoms with Gasteiger partial charge in [-0.3, -0.25) is 9.69 Å². The van der Waals surface area contributed by atoms with Crippen molar-refractivity contribution in [2.24, 2.45) is 11.8 Å². The highest BCUT2D eigenvalue weighted by atomic mass is 32.1. The normalized spacial score (nSPS) is 19.9. The summed E-state index contributed by atoms with van der Waals surface area (Å²) in [6.45, 7) is 9.09. The number of carbonyl (C=O) groups is 1. The average molecular weight is 432 g/mol. The third-order valence-corrected chi connectivity index (χ3v) is 7.22. The van der Waals surface area contributed by atoms with Crippen molar-refractivity contribution in [3.8, 4) is 10.7 Å². The molecule has 7 nitrogen and oxygen atoms in total. The van der Waals surface area contributed by atoms with E-state index in [4.69, 9.17) is 4.52 Å². The van der Waals surface area contributed by atoms with Crippen LogP contribution in [0.2, 0.25) is 0 Å². The summed E-state index contributed by atoms with van der Waals surface area (Å²) in [5.74, 6) is 2.53. The number of piperidine rings is 2. The molecular weight excluding hydrogens is 398 g/mol. The summed E-state index contributed by atoms with van der Waals surface area (Å²) in [7, 11) is 0. The van der Waals surface area contributed by atoms with Crippen molar-refractivity contribution >= 4 is 17.2 Å². The van der Waals surface area contributed by atoms with E-state index in [-0.39, 0.29) is 11.8 Å². The maximum Gasteiger partial charge on any atom is 0.241 e. The molecule has 2 aromatic heterocycles. The van der Waals surface area contributed by atoms with Crippen molar-refractivity contribution < 1.29 is 9.32 Å². The molecule has 1 amide bonds. The molecule has 0 saturated carbocycles. The zero-order valence-electron chi connectivity index (χ0n) is 17.9. The highest BCUT2D eigenvalue weighted by Gasteiger charge is 2.26. The summed E-state index contributed by atoms with van der Waals surface area (Å²) in [5, 5.41) is 9.25. The Morgan fingerprint density at radius 2 is 1.97 bits per heavy atom. The van der Waals surface area contributed by atoms with Gasteiger partial charge in [0.25, 0.3) is 0 Å². The van der Waals surface area contributed by atoms with E-state index >= 15 is 0 Å². The molecule has 0 atom stereocenters. The van der Waals surface area contributed by atoms with Gasteiger partial charge in [-0.15, -0.1) is 11.3 Å². The molecular formula is C22H33N5O2S. The lowest BCUT2D eigenvalue weighted by molar-refractivity contribution is -0.126. The highest BCUT2D eigenvalue weighted by molar-refractivity contribution is 7.13. The van der Waals surface area contributed by atoms with Crippen LogP contribution in [0.15, 0.2) is 22.0 Å². The number of hydrogen-bond acceptors (Lipinski definition) is 7. The molecule has 4 heterocycles. The Morgan fingerprint density at radius 3 is 2.70 bits per heavy atom. The molecule has 8 heteroatoms. The van der Waals surface area contributed by atoms with Gasteiger partial charge in [-0.25, -0.2) is 0 Å². The SMILES string of the molecule is CC1CCN(CCCNC(=O)C2CCN(Cc3nc(-c4cccs4)no3)CC2)CC1. The maximum absolute atomic E-state index is 12.5. The van der Waals surface area contributed by atoms with Gasteiger partial charge in [0.1, 0.15) is 0 Å². The largest absolute Gasteiger partial charge is 0.356 e. The molecule has 2 saturated heterocycles. The van der Waals surface area contributed by atoms with Gasteiger partial charge in [0.05, 0.1) is 11.4 Å². The van der Waals surface area contributed by atoms with Crippen molar-refractivity contribution in [3.63, 3.8) is 0 Å². The highest BCUT2D eigenvalue weighted by Crippen LogP contribution is 2.23. The number of carbonyl (C=O) groups excluding carboxylic acids is 1. The first-order chi connectivity index (χ1) is 14.7. The summed E-state index contributed by atoms with van der Waals surface area (Å²) in [4.78, 5) is 22.9. The number of nitrogens with one attached hydrogen (secondary N) is 1. The third-order valence-electron chi connectivity index (χ3n) is 6.35. The molecule has 2 aliphatic heterocycles. The Kier molecular flexibility index (Phi) is 7.52. The molecule has 0 aromatic carbocycles. The number of aromatic nitrogens is 2. The van der Waals surface area contributed by atoms with Gasteiger partial charge in [-0.05, 0) is 82.2 Å². The summed E-state index contributed by atoms with van der Waals surface area (Å²) in [6, 6.07) is 3.98.